The molecular weight excluding hydrogens is 286 g/mol. The van der Waals surface area contributed by atoms with E-state index in [0.717, 1.165) is 9.13 Å². The fraction of sp³-hybridized carbons (Fsp3) is 0. The van der Waals surface area contributed by atoms with Gasteiger partial charge in [0.05, 0.1) is 0 Å². The molecule has 0 saturated carbocycles. The van der Waals surface area contributed by atoms with Crippen molar-refractivity contribution < 1.29 is 4.39 Å². The number of H-pyrrole nitrogens is 1. The van der Waals surface area contributed by atoms with Gasteiger partial charge >= 0.3 is 0 Å². The SMILES string of the molecule is Fc1ccc(-c2nnn[nH]2)c(I)c1. The first-order chi connectivity index (χ1) is 6.27. The van der Waals surface area contributed by atoms with Gasteiger partial charge in [-0.15, -0.1) is 5.10 Å². The molecule has 66 valence electrons. The Bertz CT molecular complexity index is 414. The second kappa shape index (κ2) is 3.36. The van der Waals surface area contributed by atoms with E-state index in [2.05, 4.69) is 20.6 Å². The van der Waals surface area contributed by atoms with Gasteiger partial charge < -0.3 is 0 Å². The highest BCUT2D eigenvalue weighted by Gasteiger charge is 2.06. The Morgan fingerprint density at radius 1 is 1.38 bits per heavy atom. The van der Waals surface area contributed by atoms with E-state index in [1.165, 1.54) is 12.1 Å². The molecule has 0 unspecified atom stereocenters. The van der Waals surface area contributed by atoms with Gasteiger partial charge in [-0.25, -0.2) is 9.49 Å². The minimum absolute atomic E-state index is 0.263. The number of aromatic nitrogens is 4. The van der Waals surface area contributed by atoms with Gasteiger partial charge in [0.15, 0.2) is 5.82 Å². The number of nitrogens with one attached hydrogen (secondary N) is 1. The highest BCUT2D eigenvalue weighted by molar-refractivity contribution is 14.1. The third-order valence-corrected chi connectivity index (χ3v) is 2.42. The number of nitrogens with zero attached hydrogens (tertiary/aromatic N) is 3. The lowest BCUT2D eigenvalue weighted by Crippen LogP contribution is -1.86. The lowest BCUT2D eigenvalue weighted by molar-refractivity contribution is 0.627. The molecule has 0 aliphatic heterocycles. The van der Waals surface area contributed by atoms with E-state index in [4.69, 9.17) is 0 Å². The highest BCUT2D eigenvalue weighted by atomic mass is 127. The van der Waals surface area contributed by atoms with Crippen molar-refractivity contribution >= 4 is 22.6 Å². The predicted octanol–water partition coefficient (Wildman–Crippen LogP) is 1.61. The topological polar surface area (TPSA) is 54.5 Å². The fourth-order valence-electron chi connectivity index (χ4n) is 0.955. The second-order valence-electron chi connectivity index (χ2n) is 2.37. The minimum Gasteiger partial charge on any atom is -0.239 e. The molecule has 6 heteroatoms. The molecule has 1 heterocycles. The maximum atomic E-state index is 12.7. The number of tetrazole rings is 1. The average molecular weight is 290 g/mol. The lowest BCUT2D eigenvalue weighted by Gasteiger charge is -1.98. The Hall–Kier alpha value is -1.05. The molecule has 0 aliphatic rings. The number of hydrogen-bond donors (Lipinski definition) is 1. The summed E-state index contributed by atoms with van der Waals surface area (Å²) in [5.74, 6) is 0.282. The summed E-state index contributed by atoms with van der Waals surface area (Å²) >= 11 is 2.03. The molecule has 0 bridgehead atoms. The van der Waals surface area contributed by atoms with Gasteiger partial charge in [0.25, 0.3) is 0 Å². The number of benzene rings is 1. The summed E-state index contributed by atoms with van der Waals surface area (Å²) < 4.78 is 13.5. The van der Waals surface area contributed by atoms with E-state index in [1.807, 2.05) is 22.6 Å². The van der Waals surface area contributed by atoms with Crippen molar-refractivity contribution in [2.45, 2.75) is 0 Å². The zero-order valence-electron chi connectivity index (χ0n) is 6.33. The Morgan fingerprint density at radius 2 is 2.23 bits per heavy atom. The van der Waals surface area contributed by atoms with Gasteiger partial charge in [0.2, 0.25) is 0 Å². The van der Waals surface area contributed by atoms with Crippen LogP contribution in [0.5, 0.6) is 0 Å². The largest absolute Gasteiger partial charge is 0.239 e. The Labute approximate surface area is 86.7 Å². The van der Waals surface area contributed by atoms with Crippen LogP contribution in [-0.4, -0.2) is 20.6 Å². The van der Waals surface area contributed by atoms with Gasteiger partial charge in [-0.1, -0.05) is 0 Å². The summed E-state index contributed by atoms with van der Waals surface area (Å²) in [5, 5.41) is 13.2. The molecule has 0 radical (unpaired) electrons. The molecule has 0 aliphatic carbocycles. The molecule has 0 saturated heterocycles. The average Bonchev–Trinajstić information content (AvgIpc) is 2.56. The van der Waals surface area contributed by atoms with Crippen LogP contribution in [0.1, 0.15) is 0 Å². The van der Waals surface area contributed by atoms with Crippen LogP contribution in [0.2, 0.25) is 0 Å². The Balaban J connectivity index is 2.53. The predicted molar refractivity (Wildman–Crippen MR) is 52.3 cm³/mol. The van der Waals surface area contributed by atoms with Crippen molar-refractivity contribution in [3.8, 4) is 11.4 Å². The molecule has 0 amide bonds. The molecular formula is C7H4FIN4. The van der Waals surface area contributed by atoms with Crippen LogP contribution in [0.4, 0.5) is 4.39 Å². The van der Waals surface area contributed by atoms with Gasteiger partial charge in [-0.3, -0.25) is 0 Å². The smallest absolute Gasteiger partial charge is 0.180 e. The molecule has 4 nitrogen and oxygen atoms in total. The van der Waals surface area contributed by atoms with E-state index < -0.39 is 0 Å². The third-order valence-electron chi connectivity index (χ3n) is 1.53. The van der Waals surface area contributed by atoms with Crippen molar-refractivity contribution in [2.24, 2.45) is 0 Å². The van der Waals surface area contributed by atoms with Gasteiger partial charge in [0, 0.05) is 9.13 Å². The summed E-state index contributed by atoms with van der Waals surface area (Å²) in [6.45, 7) is 0. The monoisotopic (exact) mass is 290 g/mol. The van der Waals surface area contributed by atoms with Crippen LogP contribution in [0.3, 0.4) is 0 Å². The summed E-state index contributed by atoms with van der Waals surface area (Å²) in [6.07, 6.45) is 0. The normalized spacial score (nSPS) is 10.3. The standard InChI is InChI=1S/C7H4FIN4/c8-4-1-2-5(6(9)3-4)7-10-12-13-11-7/h1-3H,(H,10,11,12,13). The quantitative estimate of drug-likeness (QED) is 0.812. The van der Waals surface area contributed by atoms with E-state index in [9.17, 15) is 4.39 Å². The summed E-state index contributed by atoms with van der Waals surface area (Å²) in [4.78, 5) is 0. The first-order valence-corrected chi connectivity index (χ1v) is 4.54. The number of aromatic amines is 1. The van der Waals surface area contributed by atoms with Crippen LogP contribution >= 0.6 is 22.6 Å². The molecule has 2 rings (SSSR count). The Kier molecular flexibility index (Phi) is 2.21. The maximum Gasteiger partial charge on any atom is 0.180 e. The van der Waals surface area contributed by atoms with E-state index >= 15 is 0 Å². The van der Waals surface area contributed by atoms with Crippen molar-refractivity contribution in [3.63, 3.8) is 0 Å². The zero-order chi connectivity index (χ0) is 9.26. The first-order valence-electron chi connectivity index (χ1n) is 3.46. The van der Waals surface area contributed by atoms with Crippen molar-refractivity contribution in [2.75, 3.05) is 0 Å². The van der Waals surface area contributed by atoms with E-state index in [0.29, 0.717) is 5.82 Å². The molecule has 1 aromatic carbocycles. The summed E-state index contributed by atoms with van der Waals surface area (Å²) in [6, 6.07) is 4.44. The fourth-order valence-corrected chi connectivity index (χ4v) is 1.69. The van der Waals surface area contributed by atoms with Gasteiger partial charge in [0.1, 0.15) is 5.82 Å². The van der Waals surface area contributed by atoms with Crippen molar-refractivity contribution in [1.82, 2.24) is 20.6 Å². The molecule has 13 heavy (non-hydrogen) atoms. The van der Waals surface area contributed by atoms with Crippen LogP contribution < -0.4 is 0 Å². The molecule has 0 spiro atoms. The van der Waals surface area contributed by atoms with Crippen LogP contribution in [0.25, 0.3) is 11.4 Å². The minimum atomic E-state index is -0.263. The molecule has 2 aromatic rings. The zero-order valence-corrected chi connectivity index (χ0v) is 8.49. The second-order valence-corrected chi connectivity index (χ2v) is 3.54. The highest BCUT2D eigenvalue weighted by Crippen LogP contribution is 2.21. The first kappa shape index (κ1) is 8.54. The molecule has 0 atom stereocenters. The van der Waals surface area contributed by atoms with Crippen LogP contribution in [-0.2, 0) is 0 Å². The summed E-state index contributed by atoms with van der Waals surface area (Å²) in [7, 11) is 0. The number of halogens is 2. The Morgan fingerprint density at radius 3 is 2.85 bits per heavy atom. The van der Waals surface area contributed by atoms with Gasteiger partial charge in [-0.05, 0) is 51.2 Å². The van der Waals surface area contributed by atoms with Crippen LogP contribution in [0.15, 0.2) is 18.2 Å². The van der Waals surface area contributed by atoms with Crippen LogP contribution in [0, 0.1) is 9.39 Å². The molecule has 1 N–H and O–H groups in total. The lowest BCUT2D eigenvalue weighted by atomic mass is 10.2. The van der Waals surface area contributed by atoms with Gasteiger partial charge in [-0.2, -0.15) is 0 Å². The number of rotatable bonds is 1. The van der Waals surface area contributed by atoms with Crippen molar-refractivity contribution in [3.05, 3.63) is 27.6 Å². The van der Waals surface area contributed by atoms with E-state index in [1.54, 1.807) is 6.07 Å². The van der Waals surface area contributed by atoms with Crippen molar-refractivity contribution in [1.29, 1.82) is 0 Å². The number of hydrogen-bond acceptors (Lipinski definition) is 3. The maximum absolute atomic E-state index is 12.7. The molecule has 1 aromatic heterocycles. The molecule has 0 fully saturated rings. The summed E-state index contributed by atoms with van der Waals surface area (Å²) in [5.41, 5.74) is 0.798. The van der Waals surface area contributed by atoms with E-state index in [-0.39, 0.29) is 5.82 Å². The third kappa shape index (κ3) is 1.67.